The molecular weight excluding hydrogens is 292 g/mol. The van der Waals surface area contributed by atoms with E-state index in [1.165, 1.54) is 0 Å². The van der Waals surface area contributed by atoms with E-state index in [2.05, 4.69) is 17.6 Å². The number of urea groups is 1. The second-order valence-electron chi connectivity index (χ2n) is 4.02. The van der Waals surface area contributed by atoms with Gasteiger partial charge >= 0.3 is 6.03 Å². The Labute approximate surface area is 127 Å². The molecule has 0 atom stereocenters. The minimum Gasteiger partial charge on any atom is -0.308 e. The zero-order valence-corrected chi connectivity index (χ0v) is 12.6. The average molecular weight is 307 g/mol. The van der Waals surface area contributed by atoms with Crippen molar-refractivity contribution in [1.29, 1.82) is 0 Å². The van der Waals surface area contributed by atoms with Crippen LogP contribution in [-0.4, -0.2) is 11.8 Å². The predicted octanol–water partition coefficient (Wildman–Crippen LogP) is 5.10. The van der Waals surface area contributed by atoms with Crippen LogP contribution >= 0.6 is 23.4 Å². The fourth-order valence-corrected chi connectivity index (χ4v) is 2.65. The van der Waals surface area contributed by atoms with Crippen molar-refractivity contribution in [3.05, 3.63) is 53.6 Å². The van der Waals surface area contributed by atoms with Gasteiger partial charge in [-0.3, -0.25) is 0 Å². The third-order valence-electron chi connectivity index (χ3n) is 2.52. The van der Waals surface area contributed by atoms with Crippen LogP contribution < -0.4 is 10.6 Å². The topological polar surface area (TPSA) is 41.1 Å². The number of nitrogens with one attached hydrogen (secondary N) is 2. The Morgan fingerprint density at radius 3 is 2.70 bits per heavy atom. The van der Waals surface area contributed by atoms with Gasteiger partial charge in [0.25, 0.3) is 0 Å². The molecule has 0 saturated heterocycles. The Balaban J connectivity index is 2.05. The van der Waals surface area contributed by atoms with Crippen LogP contribution in [0.4, 0.5) is 16.2 Å². The first-order valence-electron chi connectivity index (χ1n) is 6.24. The monoisotopic (exact) mass is 306 g/mol. The molecule has 0 aromatic heterocycles. The molecule has 0 radical (unpaired) electrons. The van der Waals surface area contributed by atoms with E-state index in [1.54, 1.807) is 36.0 Å². The Hall–Kier alpha value is -1.65. The number of thioether (sulfide) groups is 1. The Morgan fingerprint density at radius 2 is 1.95 bits per heavy atom. The lowest BCUT2D eigenvalue weighted by atomic mass is 10.3. The molecule has 2 rings (SSSR count). The maximum atomic E-state index is 12.0. The van der Waals surface area contributed by atoms with Crippen LogP contribution in [0.15, 0.2) is 53.4 Å². The smallest absolute Gasteiger partial charge is 0.308 e. The van der Waals surface area contributed by atoms with Crippen molar-refractivity contribution in [3.63, 3.8) is 0 Å². The number of halogens is 1. The summed E-state index contributed by atoms with van der Waals surface area (Å²) in [7, 11) is 0. The zero-order chi connectivity index (χ0) is 14.4. The predicted molar refractivity (Wildman–Crippen MR) is 86.9 cm³/mol. The van der Waals surface area contributed by atoms with Crippen LogP contribution in [0.5, 0.6) is 0 Å². The third-order valence-corrected chi connectivity index (χ3v) is 3.71. The lowest BCUT2D eigenvalue weighted by Gasteiger charge is -2.11. The van der Waals surface area contributed by atoms with Crippen molar-refractivity contribution in [3.8, 4) is 0 Å². The van der Waals surface area contributed by atoms with Gasteiger partial charge in [-0.1, -0.05) is 36.7 Å². The second kappa shape index (κ2) is 7.22. The summed E-state index contributed by atoms with van der Waals surface area (Å²) in [6.07, 6.45) is 0. The normalized spacial score (nSPS) is 10.1. The number of hydrogen-bond acceptors (Lipinski definition) is 2. The van der Waals surface area contributed by atoms with E-state index in [4.69, 9.17) is 11.6 Å². The summed E-state index contributed by atoms with van der Waals surface area (Å²) >= 11 is 7.57. The van der Waals surface area contributed by atoms with Crippen molar-refractivity contribution in [2.24, 2.45) is 0 Å². The van der Waals surface area contributed by atoms with Crippen LogP contribution in [0, 0.1) is 0 Å². The van der Waals surface area contributed by atoms with Gasteiger partial charge in [-0.25, -0.2) is 4.79 Å². The molecule has 0 aliphatic heterocycles. The molecule has 0 spiro atoms. The molecule has 0 saturated carbocycles. The molecule has 0 heterocycles. The van der Waals surface area contributed by atoms with Crippen molar-refractivity contribution in [2.75, 3.05) is 16.4 Å². The van der Waals surface area contributed by atoms with E-state index in [9.17, 15) is 4.79 Å². The van der Waals surface area contributed by atoms with Crippen molar-refractivity contribution < 1.29 is 4.79 Å². The molecule has 2 aromatic carbocycles. The number of para-hydroxylation sites is 1. The average Bonchev–Trinajstić information content (AvgIpc) is 2.41. The van der Waals surface area contributed by atoms with Crippen LogP contribution in [-0.2, 0) is 0 Å². The maximum Gasteiger partial charge on any atom is 0.323 e. The number of rotatable bonds is 4. The van der Waals surface area contributed by atoms with Crippen molar-refractivity contribution >= 4 is 40.8 Å². The minimum atomic E-state index is -0.281. The summed E-state index contributed by atoms with van der Waals surface area (Å²) in [4.78, 5) is 13.0. The van der Waals surface area contributed by atoms with Gasteiger partial charge in [0.05, 0.1) is 5.69 Å². The Morgan fingerprint density at radius 1 is 1.15 bits per heavy atom. The molecule has 0 fully saturated rings. The van der Waals surface area contributed by atoms with Gasteiger partial charge in [0.2, 0.25) is 0 Å². The van der Waals surface area contributed by atoms with Gasteiger partial charge in [0, 0.05) is 15.6 Å². The van der Waals surface area contributed by atoms with Gasteiger partial charge < -0.3 is 10.6 Å². The molecule has 5 heteroatoms. The highest BCUT2D eigenvalue weighted by Crippen LogP contribution is 2.26. The van der Waals surface area contributed by atoms with E-state index >= 15 is 0 Å². The molecule has 0 aliphatic carbocycles. The number of hydrogen-bond donors (Lipinski definition) is 2. The maximum absolute atomic E-state index is 12.0. The molecular formula is C15H15ClN2OS. The summed E-state index contributed by atoms with van der Waals surface area (Å²) in [6, 6.07) is 14.5. The summed E-state index contributed by atoms with van der Waals surface area (Å²) < 4.78 is 0. The van der Waals surface area contributed by atoms with Gasteiger partial charge in [0.1, 0.15) is 0 Å². The third kappa shape index (κ3) is 4.18. The first-order valence-corrected chi connectivity index (χ1v) is 7.61. The summed E-state index contributed by atoms with van der Waals surface area (Å²) in [5.41, 5.74) is 1.47. The highest BCUT2D eigenvalue weighted by Gasteiger charge is 2.06. The molecule has 20 heavy (non-hydrogen) atoms. The SMILES string of the molecule is CCSc1ccccc1NC(=O)Nc1cccc(Cl)c1. The highest BCUT2D eigenvalue weighted by atomic mass is 35.5. The van der Waals surface area contributed by atoms with Gasteiger partial charge in [-0.15, -0.1) is 11.8 Å². The summed E-state index contributed by atoms with van der Waals surface area (Å²) in [5.74, 6) is 0.953. The standard InChI is InChI=1S/C15H15ClN2OS/c1-2-20-14-9-4-3-8-13(14)18-15(19)17-12-7-5-6-11(16)10-12/h3-10H,2H2,1H3,(H2,17,18,19). The number of carbonyl (C=O) groups excluding carboxylic acids is 1. The van der Waals surface area contributed by atoms with Crippen molar-refractivity contribution in [1.82, 2.24) is 0 Å². The quantitative estimate of drug-likeness (QED) is 0.772. The van der Waals surface area contributed by atoms with Crippen molar-refractivity contribution in [2.45, 2.75) is 11.8 Å². The molecule has 3 nitrogen and oxygen atoms in total. The number of amides is 2. The molecule has 2 aromatic rings. The Bertz CT molecular complexity index is 604. The number of benzene rings is 2. The summed E-state index contributed by atoms with van der Waals surface area (Å²) in [5, 5.41) is 6.19. The van der Waals surface area contributed by atoms with E-state index in [0.717, 1.165) is 16.3 Å². The zero-order valence-electron chi connectivity index (χ0n) is 11.0. The first kappa shape index (κ1) is 14.8. The molecule has 104 valence electrons. The van der Waals surface area contributed by atoms with Crippen LogP contribution in [0.1, 0.15) is 6.92 Å². The molecule has 2 N–H and O–H groups in total. The number of anilines is 2. The molecule has 0 aliphatic rings. The molecule has 0 bridgehead atoms. The minimum absolute atomic E-state index is 0.281. The molecule has 2 amide bonds. The fourth-order valence-electron chi connectivity index (χ4n) is 1.70. The van der Waals surface area contributed by atoms with E-state index in [0.29, 0.717) is 10.7 Å². The van der Waals surface area contributed by atoms with E-state index in [1.807, 2.05) is 24.3 Å². The van der Waals surface area contributed by atoms with Gasteiger partial charge in [-0.05, 0) is 36.1 Å². The summed E-state index contributed by atoms with van der Waals surface area (Å²) in [6.45, 7) is 2.08. The first-order chi connectivity index (χ1) is 9.69. The lowest BCUT2D eigenvalue weighted by molar-refractivity contribution is 0.262. The van der Waals surface area contributed by atoms with Gasteiger partial charge in [-0.2, -0.15) is 0 Å². The fraction of sp³-hybridized carbons (Fsp3) is 0.133. The molecule has 0 unspecified atom stereocenters. The Kier molecular flexibility index (Phi) is 5.32. The van der Waals surface area contributed by atoms with Crippen LogP contribution in [0.25, 0.3) is 0 Å². The van der Waals surface area contributed by atoms with E-state index < -0.39 is 0 Å². The largest absolute Gasteiger partial charge is 0.323 e. The lowest BCUT2D eigenvalue weighted by Crippen LogP contribution is -2.19. The van der Waals surface area contributed by atoms with E-state index in [-0.39, 0.29) is 6.03 Å². The second-order valence-corrected chi connectivity index (χ2v) is 5.76. The van der Waals surface area contributed by atoms with Crippen LogP contribution in [0.2, 0.25) is 5.02 Å². The highest BCUT2D eigenvalue weighted by molar-refractivity contribution is 7.99. The number of carbonyl (C=O) groups is 1. The van der Waals surface area contributed by atoms with Crippen LogP contribution in [0.3, 0.4) is 0 Å². The van der Waals surface area contributed by atoms with Gasteiger partial charge in [0.15, 0.2) is 0 Å².